The van der Waals surface area contributed by atoms with Crippen molar-refractivity contribution in [2.45, 2.75) is 12.2 Å². The largest absolute Gasteiger partial charge is 0.360 e. The highest BCUT2D eigenvalue weighted by molar-refractivity contribution is 14.1. The number of hydrogen-bond acceptors (Lipinski definition) is 1. The van der Waals surface area contributed by atoms with Gasteiger partial charge in [-0.25, -0.2) is 0 Å². The van der Waals surface area contributed by atoms with E-state index in [1.54, 1.807) is 0 Å². The zero-order chi connectivity index (χ0) is 8.39. The first kappa shape index (κ1) is 8.26. The van der Waals surface area contributed by atoms with Gasteiger partial charge < -0.3 is 4.74 Å². The van der Waals surface area contributed by atoms with Gasteiger partial charge in [-0.2, -0.15) is 0 Å². The molecule has 2 heteroatoms. The molecule has 0 amide bonds. The van der Waals surface area contributed by atoms with Crippen molar-refractivity contribution >= 4 is 22.6 Å². The van der Waals surface area contributed by atoms with Crippen molar-refractivity contribution in [1.29, 1.82) is 0 Å². The Balaban J connectivity index is 2.06. The van der Waals surface area contributed by atoms with Crippen molar-refractivity contribution in [3.8, 4) is 0 Å². The van der Waals surface area contributed by atoms with Crippen LogP contribution in [-0.4, -0.2) is 6.10 Å². The Kier molecular flexibility index (Phi) is 2.46. The highest BCUT2D eigenvalue weighted by Gasteiger charge is 2.37. The molecule has 0 N–H and O–H groups in total. The second kappa shape index (κ2) is 3.58. The van der Waals surface area contributed by atoms with Gasteiger partial charge in [-0.3, -0.25) is 0 Å². The molecule has 62 valence electrons. The monoisotopic (exact) mass is 272 g/mol. The van der Waals surface area contributed by atoms with Crippen LogP contribution in [0.15, 0.2) is 40.5 Å². The third-order valence-electron chi connectivity index (χ3n) is 1.92. The van der Waals surface area contributed by atoms with E-state index in [4.69, 9.17) is 4.74 Å². The van der Waals surface area contributed by atoms with Crippen LogP contribution in [0.1, 0.15) is 11.7 Å². The maximum atomic E-state index is 5.45. The van der Waals surface area contributed by atoms with Crippen molar-refractivity contribution in [3.63, 3.8) is 0 Å². The molecule has 0 radical (unpaired) electrons. The van der Waals surface area contributed by atoms with Crippen LogP contribution < -0.4 is 0 Å². The maximum Gasteiger partial charge on any atom is 0.113 e. The molecule has 0 saturated carbocycles. The van der Waals surface area contributed by atoms with Gasteiger partial charge >= 0.3 is 0 Å². The van der Waals surface area contributed by atoms with Crippen molar-refractivity contribution in [2.24, 2.45) is 0 Å². The molecular weight excluding hydrogens is 263 g/mol. The molecule has 1 aromatic rings. The minimum atomic E-state index is 0.303. The molecule has 0 spiro atoms. The van der Waals surface area contributed by atoms with Crippen LogP contribution in [0, 0.1) is 0 Å². The summed E-state index contributed by atoms with van der Waals surface area (Å²) in [5.74, 6) is 0. The second-order valence-corrected chi connectivity index (χ2v) is 3.47. The summed E-state index contributed by atoms with van der Waals surface area (Å²) in [6.07, 6.45) is 2.69. The lowest BCUT2D eigenvalue weighted by Gasteiger charge is -1.91. The van der Waals surface area contributed by atoms with Crippen LogP contribution in [0.4, 0.5) is 0 Å². The predicted octanol–water partition coefficient (Wildman–Crippen LogP) is 3.08. The van der Waals surface area contributed by atoms with Gasteiger partial charge in [0.25, 0.3) is 0 Å². The summed E-state index contributed by atoms with van der Waals surface area (Å²) < 4.78 is 7.46. The van der Waals surface area contributed by atoms with Crippen LogP contribution in [0.5, 0.6) is 0 Å². The van der Waals surface area contributed by atoms with Gasteiger partial charge in [0, 0.05) is 0 Å². The summed E-state index contributed by atoms with van der Waals surface area (Å²) >= 11 is 2.21. The summed E-state index contributed by atoms with van der Waals surface area (Å²) in [6.45, 7) is 0. The fourth-order valence-corrected chi connectivity index (χ4v) is 1.66. The lowest BCUT2D eigenvalue weighted by atomic mass is 10.1. The lowest BCUT2D eigenvalue weighted by Crippen LogP contribution is -1.82. The Morgan fingerprint density at radius 3 is 2.67 bits per heavy atom. The zero-order valence-electron chi connectivity index (χ0n) is 6.48. The predicted molar refractivity (Wildman–Crippen MR) is 57.2 cm³/mol. The number of benzene rings is 1. The van der Waals surface area contributed by atoms with Gasteiger partial charge in [0.2, 0.25) is 0 Å². The number of rotatable bonds is 2. The standard InChI is InChI=1S/C10H9IO/c11-7-6-9-10(12-9)8-4-2-1-3-5-8/h1-7,9-10H. The molecule has 12 heavy (non-hydrogen) atoms. The number of ether oxygens (including phenoxy) is 1. The minimum absolute atomic E-state index is 0.303. The van der Waals surface area contributed by atoms with Crippen molar-refractivity contribution in [2.75, 3.05) is 0 Å². The van der Waals surface area contributed by atoms with Gasteiger partial charge in [-0.15, -0.1) is 0 Å². The maximum absolute atomic E-state index is 5.45. The topological polar surface area (TPSA) is 12.5 Å². The zero-order valence-corrected chi connectivity index (χ0v) is 8.64. The highest BCUT2D eigenvalue weighted by Crippen LogP contribution is 2.39. The normalized spacial score (nSPS) is 27.8. The minimum Gasteiger partial charge on any atom is -0.360 e. The molecule has 2 unspecified atom stereocenters. The molecule has 2 atom stereocenters. The van der Waals surface area contributed by atoms with Gasteiger partial charge in [0.1, 0.15) is 12.2 Å². The van der Waals surface area contributed by atoms with E-state index in [9.17, 15) is 0 Å². The average Bonchev–Trinajstić information content (AvgIpc) is 2.87. The molecule has 0 bridgehead atoms. The smallest absolute Gasteiger partial charge is 0.113 e. The Labute approximate surface area is 85.6 Å². The quantitative estimate of drug-likeness (QED) is 0.595. The molecule has 2 rings (SSSR count). The van der Waals surface area contributed by atoms with E-state index >= 15 is 0 Å². The van der Waals surface area contributed by atoms with Gasteiger partial charge in [-0.1, -0.05) is 52.9 Å². The number of halogens is 1. The SMILES string of the molecule is IC=CC1OC1c1ccccc1. The Bertz CT molecular complexity index is 281. The van der Waals surface area contributed by atoms with Gasteiger partial charge in [-0.05, 0) is 15.7 Å². The van der Waals surface area contributed by atoms with Gasteiger partial charge in [0.15, 0.2) is 0 Å². The average molecular weight is 272 g/mol. The van der Waals surface area contributed by atoms with E-state index in [0.717, 1.165) is 0 Å². The van der Waals surface area contributed by atoms with Crippen LogP contribution in [0.3, 0.4) is 0 Å². The Hall–Kier alpha value is -0.350. The molecule has 0 aliphatic carbocycles. The van der Waals surface area contributed by atoms with Crippen LogP contribution in [0.2, 0.25) is 0 Å². The fraction of sp³-hybridized carbons (Fsp3) is 0.200. The third-order valence-corrected chi connectivity index (χ3v) is 2.33. The van der Waals surface area contributed by atoms with Crippen molar-refractivity contribution < 1.29 is 4.74 Å². The molecule has 1 saturated heterocycles. The molecule has 1 fully saturated rings. The first-order valence-corrected chi connectivity index (χ1v) is 5.13. The molecule has 1 aliphatic rings. The van der Waals surface area contributed by atoms with E-state index in [-0.39, 0.29) is 0 Å². The lowest BCUT2D eigenvalue weighted by molar-refractivity contribution is 0.394. The molecule has 0 aromatic heterocycles. The van der Waals surface area contributed by atoms with Crippen LogP contribution in [-0.2, 0) is 4.74 Å². The summed E-state index contributed by atoms with van der Waals surface area (Å²) in [5.41, 5.74) is 1.28. The highest BCUT2D eigenvalue weighted by atomic mass is 127. The first-order chi connectivity index (χ1) is 5.92. The number of hydrogen-bond donors (Lipinski definition) is 0. The summed E-state index contributed by atoms with van der Waals surface area (Å²) in [7, 11) is 0. The fourth-order valence-electron chi connectivity index (χ4n) is 1.25. The van der Waals surface area contributed by atoms with E-state index in [0.29, 0.717) is 12.2 Å². The van der Waals surface area contributed by atoms with E-state index in [1.807, 2.05) is 22.3 Å². The number of epoxide rings is 1. The van der Waals surface area contributed by atoms with E-state index in [2.05, 4.69) is 40.8 Å². The molecule has 1 aromatic carbocycles. The van der Waals surface area contributed by atoms with Crippen molar-refractivity contribution in [1.82, 2.24) is 0 Å². The summed E-state index contributed by atoms with van der Waals surface area (Å²) in [6, 6.07) is 10.3. The first-order valence-electron chi connectivity index (χ1n) is 3.89. The third kappa shape index (κ3) is 1.69. The second-order valence-electron chi connectivity index (χ2n) is 2.75. The van der Waals surface area contributed by atoms with Crippen molar-refractivity contribution in [3.05, 3.63) is 46.1 Å². The Morgan fingerprint density at radius 1 is 1.25 bits per heavy atom. The molecular formula is C10H9IO. The molecule has 1 aliphatic heterocycles. The molecule has 1 nitrogen and oxygen atoms in total. The van der Waals surface area contributed by atoms with Gasteiger partial charge in [0.05, 0.1) is 0 Å². The summed E-state index contributed by atoms with van der Waals surface area (Å²) in [4.78, 5) is 0. The van der Waals surface area contributed by atoms with Crippen LogP contribution >= 0.6 is 22.6 Å². The Morgan fingerprint density at radius 2 is 2.00 bits per heavy atom. The molecule has 1 heterocycles. The van der Waals surface area contributed by atoms with E-state index < -0.39 is 0 Å². The van der Waals surface area contributed by atoms with E-state index in [1.165, 1.54) is 5.56 Å². The summed E-state index contributed by atoms with van der Waals surface area (Å²) in [5, 5.41) is 0. The van der Waals surface area contributed by atoms with Crippen LogP contribution in [0.25, 0.3) is 0 Å².